The molecule has 0 radical (unpaired) electrons. The third kappa shape index (κ3) is 73.0. The topological polar surface area (TPSA) is 237 Å². The van der Waals surface area contributed by atoms with Gasteiger partial charge < -0.3 is 33.8 Å². The van der Waals surface area contributed by atoms with E-state index in [1.165, 1.54) is 212 Å². The normalized spacial score (nSPS) is 14.3. The molecule has 3 N–H and O–H groups in total. The van der Waals surface area contributed by atoms with Gasteiger partial charge in [0, 0.05) is 25.7 Å². The van der Waals surface area contributed by atoms with Crippen LogP contribution in [0, 0.1) is 23.7 Å². The van der Waals surface area contributed by atoms with Crippen LogP contribution >= 0.6 is 15.6 Å². The first-order valence-corrected chi connectivity index (χ1v) is 44.7. The van der Waals surface area contributed by atoms with Crippen LogP contribution in [0.25, 0.3) is 0 Å². The fourth-order valence-electron chi connectivity index (χ4n) is 12.4. The Kier molecular flexibility index (Phi) is 68.7. The molecule has 0 spiro atoms. The Morgan fingerprint density at radius 3 is 0.710 bits per heavy atom. The fraction of sp³-hybridized carbons (Fsp3) is 0.951. The van der Waals surface area contributed by atoms with Crippen molar-refractivity contribution in [2.75, 3.05) is 39.6 Å². The molecule has 0 fully saturated rings. The minimum Gasteiger partial charge on any atom is -0.462 e. The van der Waals surface area contributed by atoms with Gasteiger partial charge in [-0.2, -0.15) is 0 Å². The van der Waals surface area contributed by atoms with Crippen LogP contribution in [0.1, 0.15) is 415 Å². The van der Waals surface area contributed by atoms with Crippen molar-refractivity contribution in [3.8, 4) is 0 Å². The lowest BCUT2D eigenvalue weighted by Crippen LogP contribution is -2.30. The highest BCUT2D eigenvalue weighted by atomic mass is 31.2. The zero-order chi connectivity index (χ0) is 73.8. The maximum Gasteiger partial charge on any atom is 0.472 e. The van der Waals surface area contributed by atoms with E-state index in [-0.39, 0.29) is 25.7 Å². The Bertz CT molecular complexity index is 1960. The average Bonchev–Trinajstić information content (AvgIpc) is 0.914. The first-order chi connectivity index (χ1) is 48.1. The number of phosphoric acid groups is 2. The largest absolute Gasteiger partial charge is 0.472 e. The van der Waals surface area contributed by atoms with Gasteiger partial charge in [-0.1, -0.05) is 364 Å². The zero-order valence-electron chi connectivity index (χ0n) is 65.8. The van der Waals surface area contributed by atoms with E-state index in [9.17, 15) is 43.2 Å². The first kappa shape index (κ1) is 98.1. The van der Waals surface area contributed by atoms with Crippen LogP contribution in [0.4, 0.5) is 0 Å². The van der Waals surface area contributed by atoms with Gasteiger partial charge in [0.1, 0.15) is 19.3 Å². The standard InChI is InChI=1S/C81H158O17P2/c1-9-74(8)60-52-44-39-40-46-54-62-79(84)92-68-77(98-80(85)63-55-47-37-31-25-21-17-13-11-15-19-23-28-34-42-50-58-72(4)5)70-96-100(89,90)94-66-75(82)65-93-99(87,88)95-69-76(97-81(86)64-56-48-38-32-26-29-35-43-51-59-73(6)7)67-91-78(83)61-53-45-36-30-24-20-16-12-10-14-18-22-27-33-41-49-57-71(2)3/h71-77,82H,9-70H2,1-8H3,(H,87,88)(H,89,90)/t74?,75-,76-,77-/m1/s1. The van der Waals surface area contributed by atoms with E-state index in [1.54, 1.807) is 0 Å². The molecule has 0 saturated heterocycles. The van der Waals surface area contributed by atoms with E-state index in [2.05, 4.69) is 55.4 Å². The number of phosphoric ester groups is 2. The van der Waals surface area contributed by atoms with Crippen molar-refractivity contribution in [3.05, 3.63) is 0 Å². The predicted octanol–water partition coefficient (Wildman–Crippen LogP) is 24.0. The van der Waals surface area contributed by atoms with E-state index in [0.717, 1.165) is 120 Å². The van der Waals surface area contributed by atoms with Crippen molar-refractivity contribution in [2.24, 2.45) is 23.7 Å². The molecule has 6 atom stereocenters. The minimum atomic E-state index is -4.96. The predicted molar refractivity (Wildman–Crippen MR) is 409 cm³/mol. The molecule has 0 aromatic rings. The van der Waals surface area contributed by atoms with Gasteiger partial charge in [0.2, 0.25) is 0 Å². The number of esters is 4. The summed E-state index contributed by atoms with van der Waals surface area (Å²) in [5.41, 5.74) is 0. The maximum absolute atomic E-state index is 13.1. The molecule has 0 aliphatic carbocycles. The number of aliphatic hydroxyl groups is 1. The summed E-state index contributed by atoms with van der Waals surface area (Å²) in [6.45, 7) is 14.2. The molecule has 594 valence electrons. The second kappa shape index (κ2) is 70.1. The Labute approximate surface area is 613 Å². The molecular formula is C81H158O17P2. The molecule has 17 nitrogen and oxygen atoms in total. The van der Waals surface area contributed by atoms with E-state index in [1.807, 2.05) is 0 Å². The summed E-state index contributed by atoms with van der Waals surface area (Å²) in [5, 5.41) is 10.6. The van der Waals surface area contributed by atoms with E-state index in [4.69, 9.17) is 37.0 Å². The highest BCUT2D eigenvalue weighted by molar-refractivity contribution is 7.47. The van der Waals surface area contributed by atoms with Crippen LogP contribution in [0.5, 0.6) is 0 Å². The number of aliphatic hydroxyl groups excluding tert-OH is 1. The number of carbonyl (C=O) groups is 4. The zero-order valence-corrected chi connectivity index (χ0v) is 67.6. The molecule has 0 heterocycles. The molecule has 0 aliphatic rings. The van der Waals surface area contributed by atoms with Crippen LogP contribution in [0.3, 0.4) is 0 Å². The van der Waals surface area contributed by atoms with Gasteiger partial charge in [0.15, 0.2) is 12.2 Å². The lowest BCUT2D eigenvalue weighted by Gasteiger charge is -2.21. The molecule has 0 aromatic heterocycles. The Balaban J connectivity index is 5.19. The van der Waals surface area contributed by atoms with E-state index < -0.39 is 97.5 Å². The molecule has 0 amide bonds. The summed E-state index contributed by atoms with van der Waals surface area (Å²) in [7, 11) is -9.92. The van der Waals surface area contributed by atoms with Crippen molar-refractivity contribution < 1.29 is 80.2 Å². The second-order valence-corrected chi connectivity index (χ2v) is 33.7. The molecule has 3 unspecified atom stereocenters. The highest BCUT2D eigenvalue weighted by Gasteiger charge is 2.30. The Hall–Kier alpha value is -1.94. The van der Waals surface area contributed by atoms with Crippen molar-refractivity contribution in [2.45, 2.75) is 433 Å². The van der Waals surface area contributed by atoms with Gasteiger partial charge in [-0.3, -0.25) is 37.3 Å². The second-order valence-electron chi connectivity index (χ2n) is 30.8. The summed E-state index contributed by atoms with van der Waals surface area (Å²) in [6, 6.07) is 0. The average molecular weight is 1470 g/mol. The van der Waals surface area contributed by atoms with Crippen LogP contribution in [-0.2, 0) is 65.4 Å². The smallest absolute Gasteiger partial charge is 0.462 e. The summed E-state index contributed by atoms with van der Waals surface area (Å²) in [4.78, 5) is 73.0. The molecule has 0 saturated carbocycles. The van der Waals surface area contributed by atoms with Crippen molar-refractivity contribution in [3.63, 3.8) is 0 Å². The van der Waals surface area contributed by atoms with Crippen LogP contribution in [0.15, 0.2) is 0 Å². The number of ether oxygens (including phenoxy) is 4. The minimum absolute atomic E-state index is 0.105. The van der Waals surface area contributed by atoms with Gasteiger partial charge >= 0.3 is 39.5 Å². The number of unbranched alkanes of at least 4 members (excludes halogenated alkanes) is 43. The van der Waals surface area contributed by atoms with Crippen LogP contribution in [-0.4, -0.2) is 96.7 Å². The molecule has 0 rings (SSSR count). The summed E-state index contributed by atoms with van der Waals surface area (Å²) < 4.78 is 68.7. The summed E-state index contributed by atoms with van der Waals surface area (Å²) >= 11 is 0. The van der Waals surface area contributed by atoms with Crippen LogP contribution in [0.2, 0.25) is 0 Å². The van der Waals surface area contributed by atoms with Gasteiger partial charge in [-0.05, 0) is 49.4 Å². The molecule has 100 heavy (non-hydrogen) atoms. The third-order valence-corrected chi connectivity index (χ3v) is 21.1. The molecule has 0 aromatic carbocycles. The number of carbonyl (C=O) groups excluding carboxylic acids is 4. The van der Waals surface area contributed by atoms with Gasteiger partial charge in [0.25, 0.3) is 0 Å². The molecule has 0 aliphatic heterocycles. The third-order valence-electron chi connectivity index (χ3n) is 19.2. The van der Waals surface area contributed by atoms with Crippen molar-refractivity contribution in [1.82, 2.24) is 0 Å². The first-order valence-electron chi connectivity index (χ1n) is 41.7. The number of hydrogen-bond acceptors (Lipinski definition) is 15. The quantitative estimate of drug-likeness (QED) is 0.0222. The Morgan fingerprint density at radius 1 is 0.280 bits per heavy atom. The lowest BCUT2D eigenvalue weighted by molar-refractivity contribution is -0.161. The molecule has 19 heteroatoms. The molecular weight excluding hydrogens is 1310 g/mol. The van der Waals surface area contributed by atoms with Gasteiger partial charge in [-0.25, -0.2) is 9.13 Å². The maximum atomic E-state index is 13.1. The van der Waals surface area contributed by atoms with Crippen molar-refractivity contribution >= 4 is 39.5 Å². The number of rotatable bonds is 78. The Morgan fingerprint density at radius 2 is 0.480 bits per heavy atom. The summed E-state index contributed by atoms with van der Waals surface area (Å²) in [6.07, 6.45) is 57.0. The monoisotopic (exact) mass is 1470 g/mol. The fourth-order valence-corrected chi connectivity index (χ4v) is 14.0. The van der Waals surface area contributed by atoms with E-state index in [0.29, 0.717) is 25.7 Å². The van der Waals surface area contributed by atoms with Crippen LogP contribution < -0.4 is 0 Å². The van der Waals surface area contributed by atoms with E-state index >= 15 is 0 Å². The van der Waals surface area contributed by atoms with Gasteiger partial charge in [0.05, 0.1) is 26.4 Å². The SMILES string of the molecule is CCC(C)CCCCCCCCC(=O)OC[C@H](COP(=O)(O)OC[C@H](O)COP(=O)(O)OC[C@@H](COC(=O)CCCCCCCCCCCCCCCCCCC(C)C)OC(=O)CCCCCCCCCCCC(C)C)OC(=O)CCCCCCCCCCCCCCCCCCC(C)C. The summed E-state index contributed by atoms with van der Waals surface area (Å²) in [5.74, 6) is 0.973. The number of hydrogen-bond donors (Lipinski definition) is 3. The van der Waals surface area contributed by atoms with Gasteiger partial charge in [-0.15, -0.1) is 0 Å². The van der Waals surface area contributed by atoms with Crippen molar-refractivity contribution in [1.29, 1.82) is 0 Å². The molecule has 0 bridgehead atoms. The lowest BCUT2D eigenvalue weighted by atomic mass is 10.00. The highest BCUT2D eigenvalue weighted by Crippen LogP contribution is 2.45.